The van der Waals surface area contributed by atoms with Crippen LogP contribution in [-0.4, -0.2) is 36.2 Å². The Bertz CT molecular complexity index is 200. The van der Waals surface area contributed by atoms with Gasteiger partial charge in [-0.3, -0.25) is 9.59 Å². The molecular weight excluding hydrogens is 180 g/mol. The summed E-state index contributed by atoms with van der Waals surface area (Å²) < 4.78 is 0. The summed E-state index contributed by atoms with van der Waals surface area (Å²) in [5, 5.41) is 0. The van der Waals surface area contributed by atoms with Crippen molar-refractivity contribution in [2.45, 2.75) is 38.1 Å². The van der Waals surface area contributed by atoms with Crippen LogP contribution in [0, 0.1) is 0 Å². The van der Waals surface area contributed by atoms with Crippen LogP contribution in [0.5, 0.6) is 0 Å². The highest BCUT2D eigenvalue weighted by molar-refractivity contribution is 5.80. The maximum atomic E-state index is 11.4. The molecule has 1 aliphatic rings. The number of rotatable bonds is 4. The molecule has 0 aromatic carbocycles. The molecule has 1 rings (SSSR count). The second-order valence-corrected chi connectivity index (χ2v) is 3.66. The van der Waals surface area contributed by atoms with E-state index in [4.69, 9.17) is 5.73 Å². The minimum absolute atomic E-state index is 0.0157. The van der Waals surface area contributed by atoms with Crippen molar-refractivity contribution < 1.29 is 9.59 Å². The van der Waals surface area contributed by atoms with Crippen LogP contribution in [0.4, 0.5) is 0 Å². The Labute approximate surface area is 84.4 Å². The van der Waals surface area contributed by atoms with Gasteiger partial charge in [0.1, 0.15) is 0 Å². The zero-order chi connectivity index (χ0) is 10.4. The van der Waals surface area contributed by atoms with E-state index < -0.39 is 0 Å². The molecule has 4 nitrogen and oxygen atoms in total. The summed E-state index contributed by atoms with van der Waals surface area (Å²) in [5.74, 6) is -0.139. The van der Waals surface area contributed by atoms with Crippen molar-refractivity contribution in [2.24, 2.45) is 5.73 Å². The molecule has 1 saturated carbocycles. The van der Waals surface area contributed by atoms with Crippen LogP contribution in [0.25, 0.3) is 0 Å². The SMILES string of the molecule is NCC(=O)N(C[C]=O)C1CCCCC1. The van der Waals surface area contributed by atoms with Crippen LogP contribution in [0.3, 0.4) is 0 Å². The lowest BCUT2D eigenvalue weighted by Crippen LogP contribution is -2.45. The van der Waals surface area contributed by atoms with Crippen LogP contribution in [0.2, 0.25) is 0 Å². The predicted molar refractivity (Wildman–Crippen MR) is 53.3 cm³/mol. The molecule has 1 fully saturated rings. The Morgan fingerprint density at radius 2 is 2.00 bits per heavy atom. The Morgan fingerprint density at radius 1 is 1.36 bits per heavy atom. The van der Waals surface area contributed by atoms with Gasteiger partial charge < -0.3 is 10.6 Å². The summed E-state index contributed by atoms with van der Waals surface area (Å²) in [6.45, 7) is 0.0544. The molecule has 0 atom stereocenters. The lowest BCUT2D eigenvalue weighted by atomic mass is 9.94. The Kier molecular flexibility index (Phi) is 4.59. The van der Waals surface area contributed by atoms with Gasteiger partial charge in [-0.05, 0) is 12.8 Å². The smallest absolute Gasteiger partial charge is 0.236 e. The van der Waals surface area contributed by atoms with E-state index in [0.717, 1.165) is 25.7 Å². The van der Waals surface area contributed by atoms with E-state index in [1.165, 1.54) is 6.42 Å². The van der Waals surface area contributed by atoms with Crippen molar-refractivity contribution in [1.82, 2.24) is 4.90 Å². The Hall–Kier alpha value is -0.900. The third kappa shape index (κ3) is 2.80. The number of hydrogen-bond acceptors (Lipinski definition) is 3. The fourth-order valence-electron chi connectivity index (χ4n) is 2.00. The first-order valence-electron chi connectivity index (χ1n) is 5.14. The lowest BCUT2D eigenvalue weighted by Gasteiger charge is -2.32. The van der Waals surface area contributed by atoms with Gasteiger partial charge in [0.05, 0.1) is 13.1 Å². The van der Waals surface area contributed by atoms with Crippen molar-refractivity contribution in [3.05, 3.63) is 0 Å². The maximum absolute atomic E-state index is 11.4. The molecule has 1 amide bonds. The maximum Gasteiger partial charge on any atom is 0.236 e. The molecule has 4 heteroatoms. The van der Waals surface area contributed by atoms with Crippen molar-refractivity contribution in [3.63, 3.8) is 0 Å². The molecule has 2 N–H and O–H groups in total. The number of amides is 1. The monoisotopic (exact) mass is 197 g/mol. The average Bonchev–Trinajstić information content (AvgIpc) is 2.26. The van der Waals surface area contributed by atoms with Gasteiger partial charge in [0.25, 0.3) is 0 Å². The van der Waals surface area contributed by atoms with Gasteiger partial charge in [0.2, 0.25) is 12.2 Å². The van der Waals surface area contributed by atoms with E-state index in [9.17, 15) is 9.59 Å². The van der Waals surface area contributed by atoms with Crippen molar-refractivity contribution >= 4 is 12.2 Å². The predicted octanol–water partition coefficient (Wildman–Crippen LogP) is 0.216. The van der Waals surface area contributed by atoms with E-state index >= 15 is 0 Å². The fraction of sp³-hybridized carbons (Fsp3) is 0.800. The lowest BCUT2D eigenvalue weighted by molar-refractivity contribution is -0.131. The molecule has 0 spiro atoms. The molecule has 0 aromatic heterocycles. The average molecular weight is 197 g/mol. The summed E-state index contributed by atoms with van der Waals surface area (Å²) in [5.41, 5.74) is 5.29. The Morgan fingerprint density at radius 3 is 2.50 bits per heavy atom. The third-order valence-corrected chi connectivity index (χ3v) is 2.75. The minimum atomic E-state index is -0.139. The fourth-order valence-corrected chi connectivity index (χ4v) is 2.00. The molecule has 0 heterocycles. The van der Waals surface area contributed by atoms with Crippen LogP contribution in [0.15, 0.2) is 0 Å². The van der Waals surface area contributed by atoms with Gasteiger partial charge in [0.15, 0.2) is 0 Å². The first-order valence-corrected chi connectivity index (χ1v) is 5.14. The quantitative estimate of drug-likeness (QED) is 0.701. The van der Waals surface area contributed by atoms with Crippen molar-refractivity contribution in [2.75, 3.05) is 13.1 Å². The van der Waals surface area contributed by atoms with E-state index in [1.807, 2.05) is 0 Å². The summed E-state index contributed by atoms with van der Waals surface area (Å²) in [4.78, 5) is 23.3. The molecule has 0 aliphatic heterocycles. The number of carbonyl (C=O) groups is 1. The highest BCUT2D eigenvalue weighted by Crippen LogP contribution is 2.22. The van der Waals surface area contributed by atoms with Gasteiger partial charge in [-0.1, -0.05) is 19.3 Å². The number of hydrogen-bond donors (Lipinski definition) is 1. The second-order valence-electron chi connectivity index (χ2n) is 3.66. The number of nitrogens with two attached hydrogens (primary N) is 1. The molecular formula is C10H17N2O2. The third-order valence-electron chi connectivity index (χ3n) is 2.75. The van der Waals surface area contributed by atoms with Crippen LogP contribution >= 0.6 is 0 Å². The van der Waals surface area contributed by atoms with Gasteiger partial charge in [-0.15, -0.1) is 0 Å². The molecule has 0 saturated heterocycles. The molecule has 79 valence electrons. The summed E-state index contributed by atoms with van der Waals surface area (Å²) in [6, 6.07) is 0.209. The highest BCUT2D eigenvalue weighted by atomic mass is 16.2. The van der Waals surface area contributed by atoms with E-state index in [-0.39, 0.29) is 25.0 Å². The van der Waals surface area contributed by atoms with Crippen LogP contribution in [0.1, 0.15) is 32.1 Å². The molecule has 14 heavy (non-hydrogen) atoms. The first kappa shape index (κ1) is 11.2. The van der Waals surface area contributed by atoms with Crippen LogP contribution < -0.4 is 5.73 Å². The zero-order valence-electron chi connectivity index (χ0n) is 8.37. The van der Waals surface area contributed by atoms with Crippen molar-refractivity contribution in [1.29, 1.82) is 0 Å². The van der Waals surface area contributed by atoms with E-state index in [0.29, 0.717) is 0 Å². The molecule has 1 aliphatic carbocycles. The van der Waals surface area contributed by atoms with E-state index in [2.05, 4.69) is 0 Å². The highest BCUT2D eigenvalue weighted by Gasteiger charge is 2.23. The zero-order valence-corrected chi connectivity index (χ0v) is 8.37. The minimum Gasteiger partial charge on any atom is -0.331 e. The number of carbonyl (C=O) groups excluding carboxylic acids is 2. The van der Waals surface area contributed by atoms with Crippen LogP contribution in [-0.2, 0) is 9.59 Å². The molecule has 0 bridgehead atoms. The van der Waals surface area contributed by atoms with Gasteiger partial charge in [0, 0.05) is 6.04 Å². The normalized spacial score (nSPS) is 17.8. The van der Waals surface area contributed by atoms with Crippen molar-refractivity contribution in [3.8, 4) is 0 Å². The molecule has 1 radical (unpaired) electrons. The summed E-state index contributed by atoms with van der Waals surface area (Å²) in [6.07, 6.45) is 7.27. The first-order chi connectivity index (χ1) is 6.79. The van der Waals surface area contributed by atoms with Gasteiger partial charge >= 0.3 is 0 Å². The summed E-state index contributed by atoms with van der Waals surface area (Å²) in [7, 11) is 0. The largest absolute Gasteiger partial charge is 0.331 e. The topological polar surface area (TPSA) is 63.4 Å². The van der Waals surface area contributed by atoms with E-state index in [1.54, 1.807) is 11.2 Å². The van der Waals surface area contributed by atoms with Gasteiger partial charge in [-0.2, -0.15) is 0 Å². The Balaban J connectivity index is 2.55. The number of nitrogens with zero attached hydrogens (tertiary/aromatic N) is 1. The summed E-state index contributed by atoms with van der Waals surface area (Å²) >= 11 is 0. The second kappa shape index (κ2) is 5.75. The molecule has 0 aromatic rings. The molecule has 0 unspecified atom stereocenters. The van der Waals surface area contributed by atoms with Gasteiger partial charge in [-0.25, -0.2) is 0 Å². The standard InChI is InChI=1S/C10H17N2O2/c11-8-10(14)12(6-7-13)9-4-2-1-3-5-9/h9H,1-6,8,11H2.